The predicted molar refractivity (Wildman–Crippen MR) is 63.1 cm³/mol. The van der Waals surface area contributed by atoms with Crippen molar-refractivity contribution in [3.05, 3.63) is 22.4 Å². The Hall–Kier alpha value is 0.100. The summed E-state index contributed by atoms with van der Waals surface area (Å²) in [4.78, 5) is 2.49. The monoisotopic (exact) mass is 275 g/mol. The molecular weight excluding hydrogens is 262 g/mol. The highest BCUT2D eigenvalue weighted by Crippen LogP contribution is 2.15. The molecule has 2 rings (SSSR count). The van der Waals surface area contributed by atoms with Crippen LogP contribution < -0.4 is 0 Å². The van der Waals surface area contributed by atoms with E-state index >= 15 is 0 Å². The fourth-order valence-electron chi connectivity index (χ4n) is 1.66. The molecule has 0 radical (unpaired) electrons. The van der Waals surface area contributed by atoms with Gasteiger partial charge in [0.05, 0.1) is 13.2 Å². The number of ether oxygens (including phenoxy) is 1. The van der Waals surface area contributed by atoms with E-state index in [2.05, 4.69) is 37.7 Å². The number of hydrogen-bond donors (Lipinski definition) is 0. The van der Waals surface area contributed by atoms with Gasteiger partial charge in [-0.25, -0.2) is 0 Å². The Labute approximate surface area is 97.0 Å². The second-order valence-corrected chi connectivity index (χ2v) is 4.91. The molecule has 14 heavy (non-hydrogen) atoms. The first kappa shape index (κ1) is 10.6. The molecule has 1 atom stereocenters. The SMILES string of the molecule is BrCC1COCCN1Cc1ccsc1. The third kappa shape index (κ3) is 2.57. The highest BCUT2D eigenvalue weighted by atomic mass is 79.9. The fourth-order valence-corrected chi connectivity index (χ4v) is 2.91. The van der Waals surface area contributed by atoms with Crippen molar-refractivity contribution in [2.24, 2.45) is 0 Å². The summed E-state index contributed by atoms with van der Waals surface area (Å²) in [5.74, 6) is 0. The molecule has 0 saturated carbocycles. The Morgan fingerprint density at radius 1 is 1.64 bits per heavy atom. The van der Waals surface area contributed by atoms with Gasteiger partial charge < -0.3 is 4.74 Å². The van der Waals surface area contributed by atoms with E-state index in [1.807, 2.05) is 0 Å². The van der Waals surface area contributed by atoms with E-state index in [4.69, 9.17) is 4.74 Å². The molecule has 4 heteroatoms. The smallest absolute Gasteiger partial charge is 0.0630 e. The number of hydrogen-bond acceptors (Lipinski definition) is 3. The van der Waals surface area contributed by atoms with Crippen molar-refractivity contribution in [3.63, 3.8) is 0 Å². The number of nitrogens with zero attached hydrogens (tertiary/aromatic N) is 1. The molecule has 1 aromatic rings. The van der Waals surface area contributed by atoms with Crippen LogP contribution in [0.5, 0.6) is 0 Å². The standard InChI is InChI=1S/C10H14BrNOS/c11-5-10-7-13-3-2-12(10)6-9-1-4-14-8-9/h1,4,8,10H,2-3,5-7H2. The van der Waals surface area contributed by atoms with Gasteiger partial charge in [0, 0.05) is 24.5 Å². The molecule has 1 aliphatic rings. The van der Waals surface area contributed by atoms with Crippen LogP contribution in [0.25, 0.3) is 0 Å². The maximum atomic E-state index is 5.45. The fraction of sp³-hybridized carbons (Fsp3) is 0.600. The maximum Gasteiger partial charge on any atom is 0.0630 e. The van der Waals surface area contributed by atoms with Crippen LogP contribution >= 0.6 is 27.3 Å². The first-order chi connectivity index (χ1) is 6.90. The first-order valence-corrected chi connectivity index (χ1v) is 6.85. The average Bonchev–Trinajstić information content (AvgIpc) is 2.71. The molecule has 2 heterocycles. The molecule has 0 aliphatic carbocycles. The van der Waals surface area contributed by atoms with Crippen molar-refractivity contribution in [2.75, 3.05) is 25.1 Å². The van der Waals surface area contributed by atoms with Crippen LogP contribution in [-0.4, -0.2) is 36.0 Å². The molecule has 1 aliphatic heterocycles. The quantitative estimate of drug-likeness (QED) is 0.786. The molecule has 0 aromatic carbocycles. The first-order valence-electron chi connectivity index (χ1n) is 4.79. The number of halogens is 1. The lowest BCUT2D eigenvalue weighted by molar-refractivity contribution is -0.00207. The molecule has 0 bridgehead atoms. The van der Waals surface area contributed by atoms with Gasteiger partial charge in [-0.1, -0.05) is 15.9 Å². The topological polar surface area (TPSA) is 12.5 Å². The molecular formula is C10H14BrNOS. The van der Waals surface area contributed by atoms with Crippen LogP contribution in [0.4, 0.5) is 0 Å². The van der Waals surface area contributed by atoms with E-state index in [0.29, 0.717) is 6.04 Å². The van der Waals surface area contributed by atoms with Gasteiger partial charge in [0.25, 0.3) is 0 Å². The Bertz CT molecular complexity index is 265. The molecule has 2 nitrogen and oxygen atoms in total. The van der Waals surface area contributed by atoms with Crippen molar-refractivity contribution >= 4 is 27.3 Å². The van der Waals surface area contributed by atoms with E-state index < -0.39 is 0 Å². The zero-order valence-electron chi connectivity index (χ0n) is 7.99. The van der Waals surface area contributed by atoms with Crippen molar-refractivity contribution in [3.8, 4) is 0 Å². The van der Waals surface area contributed by atoms with Crippen LogP contribution in [0.3, 0.4) is 0 Å². The molecule has 78 valence electrons. The minimum absolute atomic E-state index is 0.531. The van der Waals surface area contributed by atoms with Gasteiger partial charge in [0.1, 0.15) is 0 Å². The van der Waals surface area contributed by atoms with Crippen LogP contribution in [-0.2, 0) is 11.3 Å². The molecule has 0 N–H and O–H groups in total. The van der Waals surface area contributed by atoms with Crippen molar-refractivity contribution in [2.45, 2.75) is 12.6 Å². The molecule has 1 fully saturated rings. The number of alkyl halides is 1. The third-order valence-corrected chi connectivity index (χ3v) is 3.97. The Morgan fingerprint density at radius 3 is 3.29 bits per heavy atom. The van der Waals surface area contributed by atoms with E-state index in [0.717, 1.165) is 31.6 Å². The lowest BCUT2D eigenvalue weighted by Crippen LogP contribution is -2.45. The van der Waals surface area contributed by atoms with Gasteiger partial charge in [-0.2, -0.15) is 11.3 Å². The van der Waals surface area contributed by atoms with Gasteiger partial charge in [0.2, 0.25) is 0 Å². The number of thiophene rings is 1. The Morgan fingerprint density at radius 2 is 2.57 bits per heavy atom. The Balaban J connectivity index is 1.94. The van der Waals surface area contributed by atoms with Crippen LogP contribution in [0.2, 0.25) is 0 Å². The highest BCUT2D eigenvalue weighted by Gasteiger charge is 2.21. The predicted octanol–water partition coefficient (Wildman–Crippen LogP) is 2.34. The Kier molecular flexibility index (Phi) is 3.99. The molecule has 0 amide bonds. The summed E-state index contributed by atoms with van der Waals surface area (Å²) in [7, 11) is 0. The summed E-state index contributed by atoms with van der Waals surface area (Å²) in [5.41, 5.74) is 1.42. The molecule has 1 aromatic heterocycles. The van der Waals surface area contributed by atoms with Gasteiger partial charge in [0.15, 0.2) is 0 Å². The minimum atomic E-state index is 0.531. The highest BCUT2D eigenvalue weighted by molar-refractivity contribution is 9.09. The molecule has 1 saturated heterocycles. The largest absolute Gasteiger partial charge is 0.378 e. The molecule has 0 spiro atoms. The zero-order valence-corrected chi connectivity index (χ0v) is 10.4. The van der Waals surface area contributed by atoms with Gasteiger partial charge in [-0.05, 0) is 22.4 Å². The van der Waals surface area contributed by atoms with E-state index in [1.165, 1.54) is 5.56 Å². The van der Waals surface area contributed by atoms with E-state index in [1.54, 1.807) is 11.3 Å². The summed E-state index contributed by atoms with van der Waals surface area (Å²) < 4.78 is 5.45. The third-order valence-electron chi connectivity index (χ3n) is 2.49. The van der Waals surface area contributed by atoms with Crippen LogP contribution in [0.1, 0.15) is 5.56 Å². The second-order valence-electron chi connectivity index (χ2n) is 3.49. The average molecular weight is 276 g/mol. The summed E-state index contributed by atoms with van der Waals surface area (Å²) in [5, 5.41) is 5.36. The van der Waals surface area contributed by atoms with E-state index in [-0.39, 0.29) is 0 Å². The minimum Gasteiger partial charge on any atom is -0.378 e. The zero-order chi connectivity index (χ0) is 9.80. The second kappa shape index (κ2) is 5.26. The summed E-state index contributed by atoms with van der Waals surface area (Å²) in [6.07, 6.45) is 0. The lowest BCUT2D eigenvalue weighted by atomic mass is 10.2. The van der Waals surface area contributed by atoms with E-state index in [9.17, 15) is 0 Å². The van der Waals surface area contributed by atoms with Gasteiger partial charge >= 0.3 is 0 Å². The number of morpholine rings is 1. The van der Waals surface area contributed by atoms with Gasteiger partial charge in [-0.3, -0.25) is 4.90 Å². The normalized spacial score (nSPS) is 23.9. The van der Waals surface area contributed by atoms with Crippen LogP contribution in [0.15, 0.2) is 16.8 Å². The summed E-state index contributed by atoms with van der Waals surface area (Å²) >= 11 is 5.30. The summed E-state index contributed by atoms with van der Waals surface area (Å²) in [6, 6.07) is 2.73. The van der Waals surface area contributed by atoms with Crippen LogP contribution in [0, 0.1) is 0 Å². The summed E-state index contributed by atoms with van der Waals surface area (Å²) in [6.45, 7) is 3.83. The van der Waals surface area contributed by atoms with Crippen molar-refractivity contribution < 1.29 is 4.74 Å². The molecule has 1 unspecified atom stereocenters. The maximum absolute atomic E-state index is 5.45. The lowest BCUT2D eigenvalue weighted by Gasteiger charge is -2.34. The number of rotatable bonds is 3. The van der Waals surface area contributed by atoms with Crippen molar-refractivity contribution in [1.82, 2.24) is 4.90 Å². The van der Waals surface area contributed by atoms with Crippen molar-refractivity contribution in [1.29, 1.82) is 0 Å². The van der Waals surface area contributed by atoms with Gasteiger partial charge in [-0.15, -0.1) is 0 Å².